The van der Waals surface area contributed by atoms with Crippen LogP contribution in [0.3, 0.4) is 0 Å². The van der Waals surface area contributed by atoms with E-state index >= 15 is 0 Å². The lowest BCUT2D eigenvalue weighted by atomic mass is 9.96. The van der Waals surface area contributed by atoms with Crippen LogP contribution in [0.1, 0.15) is 30.5 Å². The third kappa shape index (κ3) is 3.37. The number of pyridine rings is 1. The number of amides is 2. The first-order valence-corrected chi connectivity index (χ1v) is 9.85. The number of aryl methyl sites for hydroxylation is 2. The molecule has 1 fully saturated rings. The Hall–Kier alpha value is -3.16. The number of hydrogen-bond donors (Lipinski definition) is 2. The van der Waals surface area contributed by atoms with Gasteiger partial charge in [-0.3, -0.25) is 4.98 Å². The van der Waals surface area contributed by atoms with Gasteiger partial charge in [-0.15, -0.1) is 5.10 Å². The Morgan fingerprint density at radius 1 is 1.18 bits per heavy atom. The van der Waals surface area contributed by atoms with Gasteiger partial charge in [0.15, 0.2) is 5.65 Å². The molecular formula is C20H23N7O. The van der Waals surface area contributed by atoms with Crippen LogP contribution in [0.2, 0.25) is 0 Å². The van der Waals surface area contributed by atoms with E-state index in [1.807, 2.05) is 23.2 Å². The maximum atomic E-state index is 12.7. The molecule has 1 aliphatic heterocycles. The average Bonchev–Trinajstić information content (AvgIpc) is 3.37. The number of aromatic nitrogens is 4. The molecule has 0 aromatic carbocycles. The molecule has 0 bridgehead atoms. The zero-order chi connectivity index (χ0) is 18.9. The number of nitrogens with zero attached hydrogens (tertiary/aromatic N) is 5. The number of carbonyl (C=O) groups excluding carboxylic acids is 1. The molecular weight excluding hydrogens is 354 g/mol. The molecule has 2 amide bonds. The van der Waals surface area contributed by atoms with Crippen molar-refractivity contribution >= 4 is 23.2 Å². The Kier molecular flexibility index (Phi) is 4.31. The highest BCUT2D eigenvalue weighted by molar-refractivity contribution is 5.89. The molecule has 1 atom stereocenters. The number of carbonyl (C=O) groups is 1. The van der Waals surface area contributed by atoms with Gasteiger partial charge in [-0.05, 0) is 55.9 Å². The molecule has 1 unspecified atom stereocenters. The van der Waals surface area contributed by atoms with Crippen LogP contribution in [-0.2, 0) is 12.8 Å². The lowest BCUT2D eigenvalue weighted by molar-refractivity contribution is 0.222. The Balaban J connectivity index is 1.20. The van der Waals surface area contributed by atoms with Gasteiger partial charge < -0.3 is 15.5 Å². The van der Waals surface area contributed by atoms with Gasteiger partial charge in [0.05, 0.1) is 11.9 Å². The lowest BCUT2D eigenvalue weighted by Gasteiger charge is -2.19. The number of fused-ring (bicyclic) bond motifs is 2. The third-order valence-corrected chi connectivity index (χ3v) is 5.50. The second kappa shape index (κ2) is 7.10. The van der Waals surface area contributed by atoms with Gasteiger partial charge in [0.25, 0.3) is 0 Å². The molecule has 3 aromatic rings. The average molecular weight is 377 g/mol. The zero-order valence-electron chi connectivity index (χ0n) is 15.6. The van der Waals surface area contributed by atoms with E-state index in [1.54, 1.807) is 16.9 Å². The summed E-state index contributed by atoms with van der Waals surface area (Å²) in [5.41, 5.74) is 4.05. The predicted molar refractivity (Wildman–Crippen MR) is 106 cm³/mol. The highest BCUT2D eigenvalue weighted by atomic mass is 16.2. The highest BCUT2D eigenvalue weighted by Crippen LogP contribution is 2.23. The van der Waals surface area contributed by atoms with Crippen molar-refractivity contribution in [3.8, 4) is 0 Å². The highest BCUT2D eigenvalue weighted by Gasteiger charge is 2.27. The normalized spacial score (nSPS) is 18.9. The summed E-state index contributed by atoms with van der Waals surface area (Å²) in [5.74, 6) is 0.789. The van der Waals surface area contributed by atoms with Gasteiger partial charge in [-0.2, -0.15) is 0 Å². The molecule has 3 aromatic heterocycles. The van der Waals surface area contributed by atoms with Crippen LogP contribution in [-0.4, -0.2) is 49.6 Å². The van der Waals surface area contributed by atoms with Gasteiger partial charge >= 0.3 is 6.03 Å². The zero-order valence-corrected chi connectivity index (χ0v) is 15.6. The Labute approximate surface area is 163 Å². The van der Waals surface area contributed by atoms with E-state index in [-0.39, 0.29) is 12.1 Å². The van der Waals surface area contributed by atoms with Crippen LogP contribution in [0.4, 0.5) is 16.3 Å². The monoisotopic (exact) mass is 377 g/mol. The van der Waals surface area contributed by atoms with E-state index in [0.717, 1.165) is 43.0 Å². The second-order valence-corrected chi connectivity index (χ2v) is 7.49. The summed E-state index contributed by atoms with van der Waals surface area (Å²) in [6.45, 7) is 1.36. The summed E-state index contributed by atoms with van der Waals surface area (Å²) in [6, 6.07) is 6.04. The minimum Gasteiger partial charge on any atom is -0.364 e. The molecule has 8 nitrogen and oxygen atoms in total. The predicted octanol–water partition coefficient (Wildman–Crippen LogP) is 2.72. The standard InChI is InChI=1S/C20H23N7O/c28-20(24-16-11-14-3-1-2-4-17(14)22-12-16)26-9-7-15(13-26)23-18-5-6-19-21-8-10-27(19)25-18/h5-6,8,10-12,15H,1-4,7,9,13H2,(H,23,25)(H,24,28). The van der Waals surface area contributed by atoms with Crippen LogP contribution < -0.4 is 10.6 Å². The van der Waals surface area contributed by atoms with E-state index < -0.39 is 0 Å². The molecule has 8 heteroatoms. The van der Waals surface area contributed by atoms with Crippen LogP contribution >= 0.6 is 0 Å². The van der Waals surface area contributed by atoms with Crippen LogP contribution in [0.5, 0.6) is 0 Å². The summed E-state index contributed by atoms with van der Waals surface area (Å²) in [4.78, 5) is 23.2. The molecule has 0 radical (unpaired) electrons. The molecule has 4 heterocycles. The first-order valence-electron chi connectivity index (χ1n) is 9.85. The van der Waals surface area contributed by atoms with E-state index in [4.69, 9.17) is 0 Å². The van der Waals surface area contributed by atoms with Crippen molar-refractivity contribution in [2.45, 2.75) is 38.1 Å². The van der Waals surface area contributed by atoms with Crippen molar-refractivity contribution in [3.05, 3.63) is 48.0 Å². The van der Waals surface area contributed by atoms with Crippen molar-refractivity contribution in [1.29, 1.82) is 0 Å². The first-order chi connectivity index (χ1) is 13.7. The number of imidazole rings is 1. The summed E-state index contributed by atoms with van der Waals surface area (Å²) in [6.07, 6.45) is 10.7. The molecule has 0 spiro atoms. The molecule has 1 aliphatic carbocycles. The smallest absolute Gasteiger partial charge is 0.321 e. The van der Waals surface area contributed by atoms with Crippen molar-refractivity contribution in [1.82, 2.24) is 24.5 Å². The molecule has 5 rings (SSSR count). The number of likely N-dealkylation sites (tertiary alicyclic amines) is 1. The summed E-state index contributed by atoms with van der Waals surface area (Å²) >= 11 is 0. The maximum absolute atomic E-state index is 12.7. The van der Waals surface area contributed by atoms with Crippen LogP contribution in [0, 0.1) is 0 Å². The fraction of sp³-hybridized carbons (Fsp3) is 0.400. The minimum absolute atomic E-state index is 0.0696. The van der Waals surface area contributed by atoms with Gasteiger partial charge in [0.1, 0.15) is 5.82 Å². The van der Waals surface area contributed by atoms with Gasteiger partial charge in [-0.25, -0.2) is 14.3 Å². The lowest BCUT2D eigenvalue weighted by Crippen LogP contribution is -2.35. The maximum Gasteiger partial charge on any atom is 0.321 e. The topological polar surface area (TPSA) is 87.5 Å². The van der Waals surface area contributed by atoms with Crippen molar-refractivity contribution in [2.24, 2.45) is 0 Å². The number of hydrogen-bond acceptors (Lipinski definition) is 5. The molecule has 2 aliphatic rings. The summed E-state index contributed by atoms with van der Waals surface area (Å²) < 4.78 is 1.74. The number of anilines is 2. The SMILES string of the molecule is O=C(Nc1cnc2c(c1)CCCC2)N1CCC(Nc2ccc3nccn3n2)C1. The minimum atomic E-state index is -0.0696. The van der Waals surface area contributed by atoms with E-state index in [0.29, 0.717) is 6.54 Å². The van der Waals surface area contributed by atoms with Crippen molar-refractivity contribution in [2.75, 3.05) is 23.7 Å². The number of urea groups is 1. The summed E-state index contributed by atoms with van der Waals surface area (Å²) in [7, 11) is 0. The molecule has 144 valence electrons. The second-order valence-electron chi connectivity index (χ2n) is 7.49. The van der Waals surface area contributed by atoms with E-state index in [2.05, 4.69) is 31.8 Å². The Bertz CT molecular complexity index is 1010. The van der Waals surface area contributed by atoms with Gasteiger partial charge in [0.2, 0.25) is 0 Å². The fourth-order valence-corrected chi connectivity index (χ4v) is 4.02. The third-order valence-electron chi connectivity index (χ3n) is 5.50. The first kappa shape index (κ1) is 17.0. The summed E-state index contributed by atoms with van der Waals surface area (Å²) in [5, 5.41) is 10.9. The Morgan fingerprint density at radius 3 is 3.07 bits per heavy atom. The fourth-order valence-electron chi connectivity index (χ4n) is 4.02. The van der Waals surface area contributed by atoms with E-state index in [9.17, 15) is 4.79 Å². The molecule has 2 N–H and O–H groups in total. The van der Waals surface area contributed by atoms with Gasteiger partial charge in [0, 0.05) is 37.2 Å². The molecule has 1 saturated heterocycles. The van der Waals surface area contributed by atoms with Crippen molar-refractivity contribution < 1.29 is 4.79 Å². The van der Waals surface area contributed by atoms with Crippen LogP contribution in [0.25, 0.3) is 5.65 Å². The molecule has 0 saturated carbocycles. The largest absolute Gasteiger partial charge is 0.364 e. The number of rotatable bonds is 3. The Morgan fingerprint density at radius 2 is 2.11 bits per heavy atom. The quantitative estimate of drug-likeness (QED) is 0.733. The van der Waals surface area contributed by atoms with E-state index in [1.165, 1.54) is 24.1 Å². The number of nitrogens with one attached hydrogen (secondary N) is 2. The molecule has 28 heavy (non-hydrogen) atoms. The van der Waals surface area contributed by atoms with Crippen LogP contribution in [0.15, 0.2) is 36.8 Å². The van der Waals surface area contributed by atoms with Crippen molar-refractivity contribution in [3.63, 3.8) is 0 Å². The van der Waals surface area contributed by atoms with Gasteiger partial charge in [-0.1, -0.05) is 0 Å².